The molecule has 0 N–H and O–H groups in total. The largest absolute Gasteiger partial charge is 0.422 e. The molecule has 1 fully saturated rings. The van der Waals surface area contributed by atoms with Crippen LogP contribution in [0, 0.1) is 17.5 Å². The molecule has 202 valence electrons. The van der Waals surface area contributed by atoms with Crippen molar-refractivity contribution >= 4 is 5.83 Å². The average Bonchev–Trinajstić information content (AvgIpc) is 2.87. The fourth-order valence-electron chi connectivity index (χ4n) is 4.84. The van der Waals surface area contributed by atoms with Gasteiger partial charge in [-0.1, -0.05) is 19.1 Å². The quantitative estimate of drug-likeness (QED) is 0.291. The average molecular weight is 540 g/mol. The second-order valence-electron chi connectivity index (χ2n) is 9.40. The van der Waals surface area contributed by atoms with Crippen LogP contribution in [0.1, 0.15) is 79.8 Å². The predicted molar refractivity (Wildman–Crippen MR) is 127 cm³/mol. The van der Waals surface area contributed by atoms with Crippen LogP contribution in [-0.2, 0) is 6.18 Å². The van der Waals surface area contributed by atoms with Crippen molar-refractivity contribution in [1.82, 2.24) is 9.97 Å². The highest BCUT2D eigenvalue weighted by Gasteiger charge is 2.38. The SMILES string of the molecule is CCC/C(F)=C(\F)c1ccc(-c2cnc(C3CCC(c4cc(F)c(C(F)(F)F)c(F)c4)CC3)nc2)c(F)c1. The van der Waals surface area contributed by atoms with E-state index in [4.69, 9.17) is 0 Å². The molecular formula is C28H24F8N2. The summed E-state index contributed by atoms with van der Waals surface area (Å²) in [5.74, 6) is -5.94. The van der Waals surface area contributed by atoms with E-state index >= 15 is 0 Å². The lowest BCUT2D eigenvalue weighted by Gasteiger charge is -2.28. The molecule has 1 heterocycles. The van der Waals surface area contributed by atoms with Gasteiger partial charge in [0.05, 0.1) is 0 Å². The third-order valence-corrected chi connectivity index (χ3v) is 6.82. The van der Waals surface area contributed by atoms with E-state index in [9.17, 15) is 35.1 Å². The maximum atomic E-state index is 14.7. The van der Waals surface area contributed by atoms with Gasteiger partial charge in [-0.15, -0.1) is 0 Å². The van der Waals surface area contributed by atoms with Crippen LogP contribution in [0.5, 0.6) is 0 Å². The molecule has 0 amide bonds. The van der Waals surface area contributed by atoms with Gasteiger partial charge >= 0.3 is 6.18 Å². The summed E-state index contributed by atoms with van der Waals surface area (Å²) >= 11 is 0. The van der Waals surface area contributed by atoms with E-state index in [1.165, 1.54) is 24.5 Å². The lowest BCUT2D eigenvalue weighted by molar-refractivity contribution is -0.142. The number of halogens is 8. The van der Waals surface area contributed by atoms with Gasteiger partial charge in [-0.3, -0.25) is 0 Å². The molecule has 0 atom stereocenters. The van der Waals surface area contributed by atoms with Gasteiger partial charge in [0.1, 0.15) is 34.7 Å². The van der Waals surface area contributed by atoms with Crippen LogP contribution in [-0.4, -0.2) is 9.97 Å². The molecule has 0 radical (unpaired) electrons. The molecule has 4 rings (SSSR count). The minimum Gasteiger partial charge on any atom is -0.240 e. The van der Waals surface area contributed by atoms with Crippen molar-refractivity contribution in [2.45, 2.75) is 63.5 Å². The normalized spacial score (nSPS) is 18.9. The first kappa shape index (κ1) is 27.7. The van der Waals surface area contributed by atoms with Crippen molar-refractivity contribution in [3.05, 3.63) is 88.5 Å². The number of hydrogen-bond acceptors (Lipinski definition) is 2. The summed E-state index contributed by atoms with van der Waals surface area (Å²) in [5, 5.41) is 0. The molecular weight excluding hydrogens is 516 g/mol. The topological polar surface area (TPSA) is 25.8 Å². The highest BCUT2D eigenvalue weighted by atomic mass is 19.4. The number of alkyl halides is 3. The molecule has 10 heteroatoms. The third-order valence-electron chi connectivity index (χ3n) is 6.82. The molecule has 1 aliphatic carbocycles. The van der Waals surface area contributed by atoms with Crippen molar-refractivity contribution in [2.24, 2.45) is 0 Å². The van der Waals surface area contributed by atoms with Crippen LogP contribution in [0.2, 0.25) is 0 Å². The van der Waals surface area contributed by atoms with Crippen molar-refractivity contribution in [3.8, 4) is 11.1 Å². The maximum absolute atomic E-state index is 14.7. The van der Waals surface area contributed by atoms with E-state index in [1.54, 1.807) is 6.92 Å². The summed E-state index contributed by atoms with van der Waals surface area (Å²) in [6.07, 6.45) is 0.126. The van der Waals surface area contributed by atoms with E-state index in [-0.39, 0.29) is 34.9 Å². The molecule has 0 bridgehead atoms. The van der Waals surface area contributed by atoms with Crippen molar-refractivity contribution in [2.75, 3.05) is 0 Å². The Balaban J connectivity index is 1.44. The van der Waals surface area contributed by atoms with Gasteiger partial charge in [-0.05, 0) is 61.8 Å². The summed E-state index contributed by atoms with van der Waals surface area (Å²) in [7, 11) is 0. The van der Waals surface area contributed by atoms with Gasteiger partial charge in [-0.25, -0.2) is 31.9 Å². The summed E-state index contributed by atoms with van der Waals surface area (Å²) in [6, 6.07) is 5.03. The van der Waals surface area contributed by atoms with Gasteiger partial charge in [-0.2, -0.15) is 13.2 Å². The van der Waals surface area contributed by atoms with E-state index in [2.05, 4.69) is 9.97 Å². The highest BCUT2D eigenvalue weighted by molar-refractivity contribution is 5.68. The van der Waals surface area contributed by atoms with Gasteiger partial charge in [0.25, 0.3) is 0 Å². The fourth-order valence-corrected chi connectivity index (χ4v) is 4.84. The Morgan fingerprint density at radius 3 is 1.95 bits per heavy atom. The van der Waals surface area contributed by atoms with Gasteiger partial charge < -0.3 is 0 Å². The Kier molecular flexibility index (Phi) is 8.18. The first-order valence-corrected chi connectivity index (χ1v) is 12.2. The van der Waals surface area contributed by atoms with Gasteiger partial charge in [0.15, 0.2) is 5.83 Å². The zero-order valence-electron chi connectivity index (χ0n) is 20.4. The monoisotopic (exact) mass is 540 g/mol. The maximum Gasteiger partial charge on any atom is 0.422 e. The number of hydrogen-bond donors (Lipinski definition) is 0. The van der Waals surface area contributed by atoms with E-state index in [1.807, 2.05) is 0 Å². The molecule has 38 heavy (non-hydrogen) atoms. The van der Waals surface area contributed by atoms with Crippen LogP contribution < -0.4 is 0 Å². The van der Waals surface area contributed by atoms with Crippen LogP contribution in [0.25, 0.3) is 17.0 Å². The lowest BCUT2D eigenvalue weighted by atomic mass is 9.78. The third kappa shape index (κ3) is 5.89. The van der Waals surface area contributed by atoms with E-state index in [0.717, 1.165) is 18.2 Å². The first-order chi connectivity index (χ1) is 18.0. The molecule has 2 nitrogen and oxygen atoms in total. The number of nitrogens with zero attached hydrogens (tertiary/aromatic N) is 2. The number of benzene rings is 2. The molecule has 0 unspecified atom stereocenters. The molecule has 0 aliphatic heterocycles. The van der Waals surface area contributed by atoms with Crippen molar-refractivity contribution in [1.29, 1.82) is 0 Å². The minimum atomic E-state index is -5.11. The standard InChI is InChI=1S/C28H24F8N2/c1-2-3-21(29)26(33)17-8-9-20(22(30)10-17)19-13-37-27(38-14-19)16-6-4-15(5-7-16)18-11-23(31)25(24(32)12-18)28(34,35)36/h8-16H,2-7H2,1H3/b26-21+. The zero-order valence-corrected chi connectivity index (χ0v) is 20.4. The van der Waals surface area contributed by atoms with Gasteiger partial charge in [0.2, 0.25) is 0 Å². The second kappa shape index (κ2) is 11.2. The molecule has 1 saturated carbocycles. The molecule has 3 aromatic rings. The molecule has 1 aliphatic rings. The predicted octanol–water partition coefficient (Wildman–Crippen LogP) is 9.43. The second-order valence-corrected chi connectivity index (χ2v) is 9.40. The Labute approximate surface area is 214 Å². The summed E-state index contributed by atoms with van der Waals surface area (Å²) in [6.45, 7) is 1.70. The van der Waals surface area contributed by atoms with E-state index < -0.39 is 40.8 Å². The molecule has 0 saturated heterocycles. The molecule has 2 aromatic carbocycles. The summed E-state index contributed by atoms with van der Waals surface area (Å²) < 4.78 is 109. The Bertz CT molecular complexity index is 1300. The molecule has 0 spiro atoms. The minimum absolute atomic E-state index is 0.0788. The van der Waals surface area contributed by atoms with Crippen LogP contribution in [0.15, 0.2) is 48.6 Å². The van der Waals surface area contributed by atoms with Gasteiger partial charge in [0, 0.05) is 41.4 Å². The Morgan fingerprint density at radius 2 is 1.42 bits per heavy atom. The lowest BCUT2D eigenvalue weighted by Crippen LogP contribution is -2.16. The van der Waals surface area contributed by atoms with Crippen LogP contribution in [0.3, 0.4) is 0 Å². The zero-order chi connectivity index (χ0) is 27.6. The van der Waals surface area contributed by atoms with E-state index in [0.29, 0.717) is 43.5 Å². The Hall–Kier alpha value is -3.30. The highest BCUT2D eigenvalue weighted by Crippen LogP contribution is 2.42. The summed E-state index contributed by atoms with van der Waals surface area (Å²) in [4.78, 5) is 8.66. The number of rotatable bonds is 6. The summed E-state index contributed by atoms with van der Waals surface area (Å²) in [5.41, 5.74) is -1.43. The van der Waals surface area contributed by atoms with Crippen molar-refractivity contribution < 1.29 is 35.1 Å². The van der Waals surface area contributed by atoms with Crippen molar-refractivity contribution in [3.63, 3.8) is 0 Å². The fraction of sp³-hybridized carbons (Fsp3) is 0.357. The number of aromatic nitrogens is 2. The first-order valence-electron chi connectivity index (χ1n) is 12.2. The Morgan fingerprint density at radius 1 is 0.842 bits per heavy atom. The number of allylic oxidation sites excluding steroid dienone is 1. The smallest absolute Gasteiger partial charge is 0.240 e. The molecule has 1 aromatic heterocycles. The van der Waals surface area contributed by atoms with Crippen LogP contribution >= 0.6 is 0 Å². The van der Waals surface area contributed by atoms with Crippen LogP contribution in [0.4, 0.5) is 35.1 Å².